The Labute approximate surface area is 121 Å². The minimum absolute atomic E-state index is 0.0161. The number of fused-ring (bicyclic) bond motifs is 2. The normalized spacial score (nSPS) is 30.1. The number of hydrogen-bond acceptors (Lipinski definition) is 5. The predicted molar refractivity (Wildman–Crippen MR) is 78.8 cm³/mol. The van der Waals surface area contributed by atoms with Crippen LogP contribution in [0.3, 0.4) is 0 Å². The molecule has 3 heterocycles. The van der Waals surface area contributed by atoms with Crippen LogP contribution in [0.2, 0.25) is 0 Å². The average molecular weight is 290 g/mol. The first-order valence-electron chi connectivity index (χ1n) is 7.14. The second kappa shape index (κ2) is 4.65. The maximum Gasteiger partial charge on any atom is 0.258 e. The number of likely N-dealkylation sites (tertiary alicyclic amines) is 1. The van der Waals surface area contributed by atoms with Crippen molar-refractivity contribution in [3.63, 3.8) is 0 Å². The van der Waals surface area contributed by atoms with E-state index in [2.05, 4.69) is 9.88 Å². The van der Waals surface area contributed by atoms with Crippen molar-refractivity contribution in [3.05, 3.63) is 33.7 Å². The SMILES string of the molecule is NC1CCC2CN(Cc3cc(=O)n4ccsc4n3)CC12. The fourth-order valence-corrected chi connectivity index (χ4v) is 4.47. The Balaban J connectivity index is 1.55. The Hall–Kier alpha value is -1.24. The summed E-state index contributed by atoms with van der Waals surface area (Å²) in [6, 6.07) is 2.02. The minimum Gasteiger partial charge on any atom is -0.327 e. The third-order valence-electron chi connectivity index (χ3n) is 4.73. The fraction of sp³-hybridized carbons (Fsp3) is 0.571. The molecule has 0 aromatic carbocycles. The van der Waals surface area contributed by atoms with Gasteiger partial charge in [0.1, 0.15) is 0 Å². The summed E-state index contributed by atoms with van der Waals surface area (Å²) in [6.07, 6.45) is 4.20. The van der Waals surface area contributed by atoms with E-state index in [-0.39, 0.29) is 5.56 Å². The van der Waals surface area contributed by atoms with Gasteiger partial charge in [0.2, 0.25) is 0 Å². The predicted octanol–water partition coefficient (Wildman–Crippen LogP) is 0.925. The largest absolute Gasteiger partial charge is 0.327 e. The molecule has 4 rings (SSSR count). The van der Waals surface area contributed by atoms with Gasteiger partial charge in [0.15, 0.2) is 4.96 Å². The number of rotatable bonds is 2. The van der Waals surface area contributed by atoms with Gasteiger partial charge < -0.3 is 5.73 Å². The van der Waals surface area contributed by atoms with E-state index in [1.54, 1.807) is 16.7 Å². The Kier molecular flexibility index (Phi) is 2.90. The molecule has 3 atom stereocenters. The molecule has 1 aliphatic heterocycles. The Bertz CT molecular complexity index is 694. The van der Waals surface area contributed by atoms with Crippen LogP contribution in [0.25, 0.3) is 4.96 Å². The second-order valence-electron chi connectivity index (χ2n) is 6.00. The van der Waals surface area contributed by atoms with Crippen molar-refractivity contribution in [1.29, 1.82) is 0 Å². The summed E-state index contributed by atoms with van der Waals surface area (Å²) in [5.41, 5.74) is 7.06. The zero-order valence-electron chi connectivity index (χ0n) is 11.2. The molecule has 106 valence electrons. The van der Waals surface area contributed by atoms with Gasteiger partial charge >= 0.3 is 0 Å². The van der Waals surface area contributed by atoms with Gasteiger partial charge in [0.05, 0.1) is 5.69 Å². The van der Waals surface area contributed by atoms with E-state index >= 15 is 0 Å². The fourth-order valence-electron chi connectivity index (χ4n) is 3.73. The van der Waals surface area contributed by atoms with Crippen LogP contribution < -0.4 is 11.3 Å². The lowest BCUT2D eigenvalue weighted by Gasteiger charge is -2.17. The van der Waals surface area contributed by atoms with Crippen molar-refractivity contribution >= 4 is 16.3 Å². The average Bonchev–Trinajstić information content (AvgIpc) is 3.08. The molecule has 3 unspecified atom stereocenters. The molecule has 0 amide bonds. The van der Waals surface area contributed by atoms with Gasteiger partial charge in [0.25, 0.3) is 5.56 Å². The number of aromatic nitrogens is 2. The molecule has 0 radical (unpaired) electrons. The maximum absolute atomic E-state index is 12.0. The molecular weight excluding hydrogens is 272 g/mol. The summed E-state index contributed by atoms with van der Waals surface area (Å²) >= 11 is 1.50. The zero-order chi connectivity index (χ0) is 13.7. The molecule has 2 N–H and O–H groups in total. The molecule has 0 bridgehead atoms. The third kappa shape index (κ3) is 1.99. The van der Waals surface area contributed by atoms with Gasteiger partial charge in [-0.15, -0.1) is 11.3 Å². The summed E-state index contributed by atoms with van der Waals surface area (Å²) in [5.74, 6) is 1.39. The van der Waals surface area contributed by atoms with E-state index in [1.165, 1.54) is 24.2 Å². The standard InChI is InChI=1S/C14H18N4OS/c15-12-2-1-9-6-17(8-11(9)12)7-10-5-13(19)18-3-4-20-14(18)16-10/h3-5,9,11-12H,1-2,6-8,15H2. The van der Waals surface area contributed by atoms with Crippen LogP contribution in [-0.4, -0.2) is 33.4 Å². The van der Waals surface area contributed by atoms with E-state index in [4.69, 9.17) is 5.73 Å². The van der Waals surface area contributed by atoms with Crippen molar-refractivity contribution in [3.8, 4) is 0 Å². The first-order chi connectivity index (χ1) is 9.70. The third-order valence-corrected chi connectivity index (χ3v) is 5.49. The van der Waals surface area contributed by atoms with E-state index in [1.807, 2.05) is 5.38 Å². The molecular formula is C14H18N4OS. The minimum atomic E-state index is 0.0161. The molecule has 2 fully saturated rings. The van der Waals surface area contributed by atoms with Crippen molar-refractivity contribution < 1.29 is 0 Å². The van der Waals surface area contributed by atoms with Gasteiger partial charge in [-0.1, -0.05) is 0 Å². The van der Waals surface area contributed by atoms with Crippen LogP contribution in [0.5, 0.6) is 0 Å². The van der Waals surface area contributed by atoms with Crippen LogP contribution >= 0.6 is 11.3 Å². The molecule has 1 saturated heterocycles. The van der Waals surface area contributed by atoms with Crippen molar-refractivity contribution in [1.82, 2.24) is 14.3 Å². The van der Waals surface area contributed by atoms with Gasteiger partial charge in [-0.3, -0.25) is 14.1 Å². The zero-order valence-corrected chi connectivity index (χ0v) is 12.1. The summed E-state index contributed by atoms with van der Waals surface area (Å²) in [6.45, 7) is 2.92. The molecule has 2 aromatic heterocycles. The molecule has 1 aliphatic carbocycles. The van der Waals surface area contributed by atoms with Crippen LogP contribution in [0.4, 0.5) is 0 Å². The van der Waals surface area contributed by atoms with E-state index in [0.29, 0.717) is 12.0 Å². The van der Waals surface area contributed by atoms with Crippen LogP contribution in [-0.2, 0) is 6.54 Å². The highest BCUT2D eigenvalue weighted by atomic mass is 32.1. The van der Waals surface area contributed by atoms with Gasteiger partial charge in [-0.25, -0.2) is 4.98 Å². The number of thiazole rings is 1. The van der Waals surface area contributed by atoms with Crippen LogP contribution in [0, 0.1) is 11.8 Å². The monoisotopic (exact) mass is 290 g/mol. The molecule has 2 aliphatic rings. The smallest absolute Gasteiger partial charge is 0.258 e. The van der Waals surface area contributed by atoms with Crippen LogP contribution in [0.1, 0.15) is 18.5 Å². The van der Waals surface area contributed by atoms with Crippen molar-refractivity contribution in [2.45, 2.75) is 25.4 Å². The van der Waals surface area contributed by atoms with Crippen molar-refractivity contribution in [2.24, 2.45) is 17.6 Å². The Morgan fingerprint density at radius 1 is 1.40 bits per heavy atom. The van der Waals surface area contributed by atoms with Crippen molar-refractivity contribution in [2.75, 3.05) is 13.1 Å². The first-order valence-corrected chi connectivity index (χ1v) is 8.02. The molecule has 0 spiro atoms. The van der Waals surface area contributed by atoms with Gasteiger partial charge in [-0.05, 0) is 24.7 Å². The highest BCUT2D eigenvalue weighted by Crippen LogP contribution is 2.37. The maximum atomic E-state index is 12.0. The lowest BCUT2D eigenvalue weighted by atomic mass is 9.98. The lowest BCUT2D eigenvalue weighted by Crippen LogP contribution is -2.30. The lowest BCUT2D eigenvalue weighted by molar-refractivity contribution is 0.295. The number of hydrogen-bond donors (Lipinski definition) is 1. The molecule has 1 saturated carbocycles. The highest BCUT2D eigenvalue weighted by Gasteiger charge is 2.40. The second-order valence-corrected chi connectivity index (χ2v) is 6.87. The first kappa shape index (κ1) is 12.5. The summed E-state index contributed by atoms with van der Waals surface area (Å²) in [4.78, 5) is 19.7. The number of nitrogens with two attached hydrogens (primary N) is 1. The summed E-state index contributed by atoms with van der Waals surface area (Å²) in [7, 11) is 0. The Morgan fingerprint density at radius 3 is 3.15 bits per heavy atom. The molecule has 20 heavy (non-hydrogen) atoms. The topological polar surface area (TPSA) is 63.6 Å². The molecule has 2 aromatic rings. The highest BCUT2D eigenvalue weighted by molar-refractivity contribution is 7.15. The van der Waals surface area contributed by atoms with Gasteiger partial charge in [-0.2, -0.15) is 0 Å². The summed E-state index contributed by atoms with van der Waals surface area (Å²) in [5, 5.41) is 1.90. The summed E-state index contributed by atoms with van der Waals surface area (Å²) < 4.78 is 1.60. The number of nitrogens with zero attached hydrogens (tertiary/aromatic N) is 3. The Morgan fingerprint density at radius 2 is 2.30 bits per heavy atom. The van der Waals surface area contributed by atoms with E-state index in [9.17, 15) is 4.79 Å². The van der Waals surface area contributed by atoms with E-state index in [0.717, 1.165) is 36.2 Å². The quantitative estimate of drug-likeness (QED) is 0.893. The van der Waals surface area contributed by atoms with Crippen LogP contribution in [0.15, 0.2) is 22.4 Å². The molecule has 6 heteroatoms. The van der Waals surface area contributed by atoms with E-state index < -0.39 is 0 Å². The van der Waals surface area contributed by atoms with Gasteiger partial charge in [0, 0.05) is 43.3 Å². The molecule has 5 nitrogen and oxygen atoms in total.